The lowest BCUT2D eigenvalue weighted by Crippen LogP contribution is -1.97. The molecule has 0 amide bonds. The molecule has 66 valence electrons. The average Bonchev–Trinajstić information content (AvgIpc) is 2.48. The number of hydrogen-bond donors (Lipinski definition) is 2. The summed E-state index contributed by atoms with van der Waals surface area (Å²) < 4.78 is 0.738. The van der Waals surface area contributed by atoms with Crippen LogP contribution < -0.4 is 0 Å². The second kappa shape index (κ2) is 2.85. The van der Waals surface area contributed by atoms with Crippen LogP contribution in [0.5, 0.6) is 0 Å². The van der Waals surface area contributed by atoms with Gasteiger partial charge in [-0.05, 0) is 15.9 Å². The zero-order chi connectivity index (χ0) is 9.42. The van der Waals surface area contributed by atoms with Crippen LogP contribution in [0.25, 0.3) is 10.9 Å². The molecular formula is C8H5BrN2O2. The van der Waals surface area contributed by atoms with Gasteiger partial charge in [-0.25, -0.2) is 4.79 Å². The average molecular weight is 241 g/mol. The van der Waals surface area contributed by atoms with Gasteiger partial charge in [0.1, 0.15) is 0 Å². The van der Waals surface area contributed by atoms with Crippen molar-refractivity contribution in [2.24, 2.45) is 0 Å². The molecule has 2 N–H and O–H groups in total. The summed E-state index contributed by atoms with van der Waals surface area (Å²) >= 11 is 3.26. The molecule has 0 unspecified atom stereocenters. The Morgan fingerprint density at radius 1 is 1.54 bits per heavy atom. The van der Waals surface area contributed by atoms with E-state index in [4.69, 9.17) is 5.11 Å². The minimum atomic E-state index is -0.974. The van der Waals surface area contributed by atoms with Crippen LogP contribution in [-0.2, 0) is 0 Å². The molecule has 0 aliphatic rings. The lowest BCUT2D eigenvalue weighted by Gasteiger charge is -1.95. The van der Waals surface area contributed by atoms with E-state index in [0.717, 1.165) is 4.47 Å². The van der Waals surface area contributed by atoms with Gasteiger partial charge in [0.25, 0.3) is 0 Å². The van der Waals surface area contributed by atoms with E-state index in [1.165, 1.54) is 6.20 Å². The summed E-state index contributed by atoms with van der Waals surface area (Å²) in [4.78, 5) is 17.5. The van der Waals surface area contributed by atoms with E-state index >= 15 is 0 Å². The fourth-order valence-electron chi connectivity index (χ4n) is 1.20. The molecule has 0 atom stereocenters. The predicted octanol–water partition coefficient (Wildman–Crippen LogP) is 2.02. The third kappa shape index (κ3) is 1.21. The summed E-state index contributed by atoms with van der Waals surface area (Å²) in [5.41, 5.74) is 0.914. The van der Waals surface area contributed by atoms with E-state index in [2.05, 4.69) is 25.9 Å². The number of pyridine rings is 1. The Morgan fingerprint density at radius 3 is 3.00 bits per heavy atom. The van der Waals surface area contributed by atoms with Crippen LogP contribution in [-0.4, -0.2) is 21.0 Å². The molecular weight excluding hydrogens is 236 g/mol. The van der Waals surface area contributed by atoms with Crippen molar-refractivity contribution >= 4 is 32.8 Å². The molecule has 0 spiro atoms. The van der Waals surface area contributed by atoms with Gasteiger partial charge in [-0.1, -0.05) is 0 Å². The molecule has 0 bridgehead atoms. The predicted molar refractivity (Wildman–Crippen MR) is 50.8 cm³/mol. The highest BCUT2D eigenvalue weighted by molar-refractivity contribution is 9.10. The topological polar surface area (TPSA) is 66.0 Å². The van der Waals surface area contributed by atoms with Crippen LogP contribution in [0.4, 0.5) is 0 Å². The number of fused-ring (bicyclic) bond motifs is 1. The van der Waals surface area contributed by atoms with Crippen molar-refractivity contribution in [3.05, 3.63) is 28.6 Å². The monoisotopic (exact) mass is 240 g/mol. The fourth-order valence-corrected chi connectivity index (χ4v) is 1.74. The number of carbonyl (C=O) groups is 1. The van der Waals surface area contributed by atoms with E-state index in [9.17, 15) is 4.79 Å². The molecule has 2 rings (SSSR count). The maximum absolute atomic E-state index is 10.8. The summed E-state index contributed by atoms with van der Waals surface area (Å²) in [6.07, 6.45) is 4.62. The third-order valence-electron chi connectivity index (χ3n) is 1.77. The standard InChI is InChI=1S/C8H5BrN2O2/c9-5-2-11-6-3-10-1-4(7(5)6)8(12)13/h1-3,11H,(H,12,13). The van der Waals surface area contributed by atoms with Gasteiger partial charge in [0.2, 0.25) is 0 Å². The maximum atomic E-state index is 10.8. The molecule has 2 aromatic rings. The quantitative estimate of drug-likeness (QED) is 0.802. The molecule has 2 heterocycles. The minimum absolute atomic E-state index is 0.200. The van der Waals surface area contributed by atoms with Gasteiger partial charge in [0.05, 0.1) is 17.3 Å². The summed E-state index contributed by atoms with van der Waals surface area (Å²) in [7, 11) is 0. The van der Waals surface area contributed by atoms with Crippen molar-refractivity contribution in [1.29, 1.82) is 0 Å². The number of carboxylic acids is 1. The van der Waals surface area contributed by atoms with Crippen LogP contribution >= 0.6 is 15.9 Å². The van der Waals surface area contributed by atoms with Crippen molar-refractivity contribution in [2.45, 2.75) is 0 Å². The van der Waals surface area contributed by atoms with Gasteiger partial charge in [-0.15, -0.1) is 0 Å². The molecule has 0 fully saturated rings. The number of halogens is 1. The Hall–Kier alpha value is -1.36. The van der Waals surface area contributed by atoms with E-state index in [1.54, 1.807) is 12.4 Å². The SMILES string of the molecule is O=C(O)c1cncc2[nH]cc(Br)c12. The van der Waals surface area contributed by atoms with Crippen molar-refractivity contribution < 1.29 is 9.90 Å². The van der Waals surface area contributed by atoms with Gasteiger partial charge in [-0.2, -0.15) is 0 Å². The Bertz CT molecular complexity index is 478. The lowest BCUT2D eigenvalue weighted by atomic mass is 10.2. The first kappa shape index (κ1) is 8.25. The summed E-state index contributed by atoms with van der Waals surface area (Å²) in [5.74, 6) is -0.974. The second-order valence-electron chi connectivity index (χ2n) is 2.55. The number of nitrogens with zero attached hydrogens (tertiary/aromatic N) is 1. The smallest absolute Gasteiger partial charge is 0.337 e. The van der Waals surface area contributed by atoms with Crippen molar-refractivity contribution in [1.82, 2.24) is 9.97 Å². The van der Waals surface area contributed by atoms with Gasteiger partial charge in [0.15, 0.2) is 0 Å². The molecule has 0 saturated heterocycles. The largest absolute Gasteiger partial charge is 0.478 e. The molecule has 0 saturated carbocycles. The maximum Gasteiger partial charge on any atom is 0.337 e. The summed E-state index contributed by atoms with van der Waals surface area (Å²) in [6.45, 7) is 0. The molecule has 0 radical (unpaired) electrons. The van der Waals surface area contributed by atoms with Crippen LogP contribution in [0.1, 0.15) is 10.4 Å². The number of carboxylic acid groups (broad SMARTS) is 1. The van der Waals surface area contributed by atoms with Gasteiger partial charge < -0.3 is 10.1 Å². The number of aromatic nitrogens is 2. The number of H-pyrrole nitrogens is 1. The third-order valence-corrected chi connectivity index (χ3v) is 2.39. The minimum Gasteiger partial charge on any atom is -0.478 e. The Balaban J connectivity index is 2.88. The zero-order valence-electron chi connectivity index (χ0n) is 6.41. The summed E-state index contributed by atoms with van der Waals surface area (Å²) in [6, 6.07) is 0. The molecule has 4 nitrogen and oxygen atoms in total. The van der Waals surface area contributed by atoms with Crippen LogP contribution in [0.15, 0.2) is 23.1 Å². The highest BCUT2D eigenvalue weighted by Crippen LogP contribution is 2.25. The molecule has 13 heavy (non-hydrogen) atoms. The van der Waals surface area contributed by atoms with Crippen molar-refractivity contribution in [3.63, 3.8) is 0 Å². The van der Waals surface area contributed by atoms with Crippen molar-refractivity contribution in [3.8, 4) is 0 Å². The number of rotatable bonds is 1. The van der Waals surface area contributed by atoms with Crippen LogP contribution in [0, 0.1) is 0 Å². The van der Waals surface area contributed by atoms with E-state index < -0.39 is 5.97 Å². The first-order chi connectivity index (χ1) is 6.20. The number of hydrogen-bond acceptors (Lipinski definition) is 2. The van der Waals surface area contributed by atoms with E-state index in [0.29, 0.717) is 10.9 Å². The zero-order valence-corrected chi connectivity index (χ0v) is 8.00. The van der Waals surface area contributed by atoms with Crippen LogP contribution in [0.2, 0.25) is 0 Å². The highest BCUT2D eigenvalue weighted by atomic mass is 79.9. The highest BCUT2D eigenvalue weighted by Gasteiger charge is 2.12. The number of nitrogens with one attached hydrogen (secondary N) is 1. The molecule has 0 aromatic carbocycles. The fraction of sp³-hybridized carbons (Fsp3) is 0. The first-order valence-corrected chi connectivity index (χ1v) is 4.33. The Labute approximate surface area is 81.7 Å². The normalized spacial score (nSPS) is 10.5. The van der Waals surface area contributed by atoms with E-state index in [-0.39, 0.29) is 5.56 Å². The van der Waals surface area contributed by atoms with Gasteiger partial charge in [-0.3, -0.25) is 4.98 Å². The first-order valence-electron chi connectivity index (χ1n) is 3.54. The number of aromatic carboxylic acids is 1. The molecule has 0 aliphatic carbocycles. The molecule has 5 heteroatoms. The lowest BCUT2D eigenvalue weighted by molar-refractivity contribution is 0.0698. The Kier molecular flexibility index (Phi) is 1.81. The van der Waals surface area contributed by atoms with E-state index in [1.807, 2.05) is 0 Å². The van der Waals surface area contributed by atoms with Crippen LogP contribution in [0.3, 0.4) is 0 Å². The second-order valence-corrected chi connectivity index (χ2v) is 3.41. The summed E-state index contributed by atoms with van der Waals surface area (Å²) in [5, 5.41) is 9.51. The van der Waals surface area contributed by atoms with Crippen molar-refractivity contribution in [2.75, 3.05) is 0 Å². The number of aromatic amines is 1. The van der Waals surface area contributed by atoms with Gasteiger partial charge >= 0.3 is 5.97 Å². The Morgan fingerprint density at radius 2 is 2.31 bits per heavy atom. The molecule has 2 aromatic heterocycles. The van der Waals surface area contributed by atoms with Gasteiger partial charge in [0, 0.05) is 22.3 Å². The molecule has 0 aliphatic heterocycles.